The Bertz CT molecular complexity index is 689. The van der Waals surface area contributed by atoms with Gasteiger partial charge in [0, 0.05) is 18.2 Å². The lowest BCUT2D eigenvalue weighted by atomic mass is 10.1. The number of hydrogen-bond acceptors (Lipinski definition) is 5. The van der Waals surface area contributed by atoms with Gasteiger partial charge in [0.1, 0.15) is 4.90 Å². The zero-order valence-corrected chi connectivity index (χ0v) is 12.9. The second-order valence-electron chi connectivity index (χ2n) is 4.39. The van der Waals surface area contributed by atoms with Crippen LogP contribution in [0.3, 0.4) is 0 Å². The van der Waals surface area contributed by atoms with Gasteiger partial charge >= 0.3 is 0 Å². The molecule has 0 bridgehead atoms. The first-order valence-electron chi connectivity index (χ1n) is 5.89. The smallest absolute Gasteiger partial charge is 0.271 e. The van der Waals surface area contributed by atoms with Gasteiger partial charge in [-0.25, -0.2) is 13.6 Å². The van der Waals surface area contributed by atoms with Gasteiger partial charge < -0.3 is 5.32 Å². The summed E-state index contributed by atoms with van der Waals surface area (Å²) in [5.74, 6) is -0.706. The summed E-state index contributed by atoms with van der Waals surface area (Å²) in [7, 11) is -4.30. The number of hydrogen-bond donors (Lipinski definition) is 2. The highest BCUT2D eigenvalue weighted by molar-refractivity contribution is 7.89. The molecular formula is C11H14ClN3O5S. The van der Waals surface area contributed by atoms with Crippen LogP contribution in [-0.4, -0.2) is 25.3 Å². The Labute approximate surface area is 126 Å². The Morgan fingerprint density at radius 1 is 1.52 bits per heavy atom. The fourth-order valence-electron chi connectivity index (χ4n) is 1.46. The number of halogens is 1. The molecular weight excluding hydrogens is 322 g/mol. The van der Waals surface area contributed by atoms with Crippen LogP contribution in [0.25, 0.3) is 0 Å². The van der Waals surface area contributed by atoms with E-state index >= 15 is 0 Å². The number of rotatable bonds is 5. The number of carbonyl (C=O) groups is 1. The van der Waals surface area contributed by atoms with Crippen molar-refractivity contribution in [1.29, 1.82) is 0 Å². The van der Waals surface area contributed by atoms with E-state index in [0.29, 0.717) is 6.42 Å². The van der Waals surface area contributed by atoms with Gasteiger partial charge in [0.2, 0.25) is 10.0 Å². The van der Waals surface area contributed by atoms with Crippen LogP contribution in [0.2, 0.25) is 5.02 Å². The topological polar surface area (TPSA) is 132 Å². The average Bonchev–Trinajstić information content (AvgIpc) is 2.36. The van der Waals surface area contributed by atoms with Crippen LogP contribution >= 0.6 is 11.6 Å². The van der Waals surface area contributed by atoms with Crippen molar-refractivity contribution in [2.24, 2.45) is 5.14 Å². The normalized spacial score (nSPS) is 12.8. The number of benzene rings is 1. The summed E-state index contributed by atoms with van der Waals surface area (Å²) in [6, 6.07) is 1.43. The van der Waals surface area contributed by atoms with E-state index in [1.54, 1.807) is 6.92 Å². The maximum absolute atomic E-state index is 12.0. The van der Waals surface area contributed by atoms with E-state index in [2.05, 4.69) is 5.32 Å². The van der Waals surface area contributed by atoms with Crippen molar-refractivity contribution in [3.05, 3.63) is 32.8 Å². The molecule has 1 rings (SSSR count). The summed E-state index contributed by atoms with van der Waals surface area (Å²) in [6.45, 7) is 3.56. The summed E-state index contributed by atoms with van der Waals surface area (Å²) in [5.41, 5.74) is -0.895. The lowest BCUT2D eigenvalue weighted by Crippen LogP contribution is -2.32. The minimum Gasteiger partial charge on any atom is -0.350 e. The van der Waals surface area contributed by atoms with Crippen molar-refractivity contribution in [2.75, 3.05) is 0 Å². The summed E-state index contributed by atoms with van der Waals surface area (Å²) in [4.78, 5) is 21.4. The molecule has 21 heavy (non-hydrogen) atoms. The Morgan fingerprint density at radius 3 is 2.52 bits per heavy atom. The van der Waals surface area contributed by atoms with Gasteiger partial charge in [0.25, 0.3) is 11.6 Å². The lowest BCUT2D eigenvalue weighted by Gasteiger charge is -2.13. The second kappa shape index (κ2) is 6.37. The minimum absolute atomic E-state index is 0.203. The molecule has 1 aromatic carbocycles. The molecule has 8 nitrogen and oxygen atoms in total. The van der Waals surface area contributed by atoms with E-state index in [-0.39, 0.29) is 11.6 Å². The quantitative estimate of drug-likeness (QED) is 0.620. The van der Waals surface area contributed by atoms with Crippen molar-refractivity contribution >= 4 is 33.2 Å². The molecule has 1 amide bonds. The number of nitro groups is 1. The third kappa shape index (κ3) is 4.13. The van der Waals surface area contributed by atoms with Gasteiger partial charge in [-0.05, 0) is 13.3 Å². The molecule has 0 spiro atoms. The number of primary sulfonamides is 1. The maximum atomic E-state index is 12.0. The number of nitrogens with two attached hydrogens (primary N) is 1. The van der Waals surface area contributed by atoms with Gasteiger partial charge in [-0.3, -0.25) is 14.9 Å². The first-order valence-corrected chi connectivity index (χ1v) is 7.82. The largest absolute Gasteiger partial charge is 0.350 e. The van der Waals surface area contributed by atoms with Crippen molar-refractivity contribution in [2.45, 2.75) is 31.2 Å². The van der Waals surface area contributed by atoms with E-state index in [4.69, 9.17) is 16.7 Å². The lowest BCUT2D eigenvalue weighted by molar-refractivity contribution is -0.385. The average molecular weight is 336 g/mol. The van der Waals surface area contributed by atoms with Crippen LogP contribution in [0.1, 0.15) is 30.6 Å². The van der Waals surface area contributed by atoms with Crippen LogP contribution in [-0.2, 0) is 10.0 Å². The predicted molar refractivity (Wildman–Crippen MR) is 76.7 cm³/mol. The van der Waals surface area contributed by atoms with E-state index in [1.165, 1.54) is 0 Å². The van der Waals surface area contributed by atoms with Crippen LogP contribution in [0, 0.1) is 10.1 Å². The molecule has 0 saturated carbocycles. The zero-order chi connectivity index (χ0) is 16.4. The first kappa shape index (κ1) is 17.3. The Kier molecular flexibility index (Phi) is 5.26. The zero-order valence-electron chi connectivity index (χ0n) is 11.3. The number of nitrogens with one attached hydrogen (secondary N) is 1. The van der Waals surface area contributed by atoms with Gasteiger partial charge in [0.05, 0.1) is 15.5 Å². The number of non-ortho nitro benzene ring substituents is 1. The van der Waals surface area contributed by atoms with Gasteiger partial charge in [-0.15, -0.1) is 0 Å². The molecule has 0 aromatic heterocycles. The van der Waals surface area contributed by atoms with E-state index < -0.39 is 36.5 Å². The Morgan fingerprint density at radius 2 is 2.10 bits per heavy atom. The fraction of sp³-hybridized carbons (Fsp3) is 0.364. The van der Waals surface area contributed by atoms with E-state index in [0.717, 1.165) is 12.1 Å². The highest BCUT2D eigenvalue weighted by atomic mass is 35.5. The summed E-state index contributed by atoms with van der Waals surface area (Å²) < 4.78 is 22.8. The van der Waals surface area contributed by atoms with Crippen molar-refractivity contribution in [1.82, 2.24) is 5.32 Å². The number of nitrogens with zero attached hydrogens (tertiary/aromatic N) is 1. The number of sulfonamides is 1. The molecule has 3 N–H and O–H groups in total. The highest BCUT2D eigenvalue weighted by Crippen LogP contribution is 2.30. The standard InChI is InChI=1S/C11H14ClN3O5S/c1-3-6(2)14-11(16)8-4-7(15(17)18)5-9(10(8)12)21(13,19)20/h4-6H,3H2,1-2H3,(H,14,16)(H2,13,19,20). The summed E-state index contributed by atoms with van der Waals surface area (Å²) >= 11 is 5.85. The molecule has 0 aliphatic carbocycles. The maximum Gasteiger partial charge on any atom is 0.271 e. The Balaban J connectivity index is 3.48. The molecule has 116 valence electrons. The third-order valence-electron chi connectivity index (χ3n) is 2.78. The minimum atomic E-state index is -4.30. The molecule has 1 unspecified atom stereocenters. The molecule has 0 aliphatic rings. The molecule has 0 radical (unpaired) electrons. The summed E-state index contributed by atoms with van der Waals surface area (Å²) in [5, 5.41) is 17.9. The molecule has 0 saturated heterocycles. The van der Waals surface area contributed by atoms with E-state index in [1.807, 2.05) is 6.92 Å². The molecule has 0 fully saturated rings. The SMILES string of the molecule is CCC(C)NC(=O)c1cc([N+](=O)[O-])cc(S(N)(=O)=O)c1Cl. The highest BCUT2D eigenvalue weighted by Gasteiger charge is 2.25. The number of amides is 1. The Hall–Kier alpha value is -1.71. The molecule has 1 atom stereocenters. The van der Waals surface area contributed by atoms with Crippen LogP contribution in [0.15, 0.2) is 17.0 Å². The third-order valence-corrected chi connectivity index (χ3v) is 4.23. The van der Waals surface area contributed by atoms with Crippen LogP contribution in [0.4, 0.5) is 5.69 Å². The second-order valence-corrected chi connectivity index (χ2v) is 6.30. The van der Waals surface area contributed by atoms with Crippen LogP contribution in [0.5, 0.6) is 0 Å². The number of carbonyl (C=O) groups excluding carboxylic acids is 1. The first-order chi connectivity index (χ1) is 9.57. The van der Waals surface area contributed by atoms with Crippen LogP contribution < -0.4 is 10.5 Å². The molecule has 0 heterocycles. The molecule has 10 heteroatoms. The van der Waals surface area contributed by atoms with Gasteiger partial charge in [-0.2, -0.15) is 0 Å². The van der Waals surface area contributed by atoms with Crippen molar-refractivity contribution in [3.63, 3.8) is 0 Å². The van der Waals surface area contributed by atoms with Gasteiger partial charge in [-0.1, -0.05) is 18.5 Å². The van der Waals surface area contributed by atoms with Crippen molar-refractivity contribution in [3.8, 4) is 0 Å². The summed E-state index contributed by atoms with van der Waals surface area (Å²) in [6.07, 6.45) is 0.625. The predicted octanol–water partition coefficient (Wildman–Crippen LogP) is 1.42. The van der Waals surface area contributed by atoms with Gasteiger partial charge in [0.15, 0.2) is 0 Å². The number of nitro benzene ring substituents is 1. The fourth-order valence-corrected chi connectivity index (χ4v) is 2.63. The van der Waals surface area contributed by atoms with Crippen molar-refractivity contribution < 1.29 is 18.1 Å². The monoisotopic (exact) mass is 335 g/mol. The molecule has 1 aromatic rings. The van der Waals surface area contributed by atoms with E-state index in [9.17, 15) is 23.3 Å². The molecule has 0 aliphatic heterocycles.